The zero-order valence-electron chi connectivity index (χ0n) is 13.6. The minimum absolute atomic E-state index is 0.121. The highest BCUT2D eigenvalue weighted by molar-refractivity contribution is 6.31. The lowest BCUT2D eigenvalue weighted by atomic mass is 10.1. The lowest BCUT2D eigenvalue weighted by molar-refractivity contribution is -0.134. The number of nitrogens with zero attached hydrogens (tertiary/aromatic N) is 1. The summed E-state index contributed by atoms with van der Waals surface area (Å²) in [6, 6.07) is 5.16. The van der Waals surface area contributed by atoms with Gasteiger partial charge in [0.1, 0.15) is 5.58 Å². The van der Waals surface area contributed by atoms with E-state index in [4.69, 9.17) is 20.8 Å². The molecule has 1 aromatic carbocycles. The molecule has 1 saturated heterocycles. The van der Waals surface area contributed by atoms with Crippen molar-refractivity contribution in [1.29, 1.82) is 0 Å². The summed E-state index contributed by atoms with van der Waals surface area (Å²) in [5, 5.41) is 1.34. The fourth-order valence-electron chi connectivity index (χ4n) is 2.99. The molecule has 1 aliphatic heterocycles. The number of furan rings is 1. The molecule has 0 aliphatic carbocycles. The topological polar surface area (TPSA) is 59.8 Å². The number of amides is 1. The Kier molecular flexibility index (Phi) is 5.09. The van der Waals surface area contributed by atoms with Crippen LogP contribution in [0.3, 0.4) is 0 Å². The van der Waals surface area contributed by atoms with Crippen LogP contribution in [0.15, 0.2) is 22.6 Å². The molecule has 1 aromatic heterocycles. The van der Waals surface area contributed by atoms with E-state index >= 15 is 0 Å². The molecule has 0 N–H and O–H groups in total. The van der Waals surface area contributed by atoms with Crippen LogP contribution < -0.4 is 0 Å². The predicted octanol–water partition coefficient (Wildman–Crippen LogP) is 3.95. The third kappa shape index (κ3) is 3.56. The summed E-state index contributed by atoms with van der Waals surface area (Å²) >= 11 is 5.97. The summed E-state index contributed by atoms with van der Waals surface area (Å²) in [7, 11) is 0. The van der Waals surface area contributed by atoms with Crippen LogP contribution in [0.25, 0.3) is 11.0 Å². The van der Waals surface area contributed by atoms with Gasteiger partial charge in [0, 0.05) is 29.1 Å². The van der Waals surface area contributed by atoms with Crippen molar-refractivity contribution in [3.63, 3.8) is 0 Å². The van der Waals surface area contributed by atoms with Gasteiger partial charge in [0.15, 0.2) is 6.61 Å². The standard InChI is InChI=1S/C18H20ClNO4/c1-12-14-10-13(19)6-7-15(14)24-17(12)18(22)23-11-16(21)20-8-4-2-3-5-9-20/h6-7,10H,2-5,8-9,11H2,1H3. The first-order chi connectivity index (χ1) is 11.6. The van der Waals surface area contributed by atoms with Crippen LogP contribution in [0.2, 0.25) is 5.02 Å². The Morgan fingerprint density at radius 3 is 2.62 bits per heavy atom. The van der Waals surface area contributed by atoms with Crippen molar-refractivity contribution in [3.8, 4) is 0 Å². The van der Waals surface area contributed by atoms with Crippen molar-refractivity contribution >= 4 is 34.4 Å². The lowest BCUT2D eigenvalue weighted by Gasteiger charge is -2.19. The number of rotatable bonds is 3. The number of aryl methyl sites for hydroxylation is 1. The van der Waals surface area contributed by atoms with Gasteiger partial charge in [-0.1, -0.05) is 24.4 Å². The molecule has 1 aliphatic rings. The molecular weight excluding hydrogens is 330 g/mol. The Bertz CT molecular complexity index is 760. The molecule has 0 spiro atoms. The van der Waals surface area contributed by atoms with Gasteiger partial charge in [-0.3, -0.25) is 4.79 Å². The zero-order chi connectivity index (χ0) is 17.1. The number of benzene rings is 1. The number of halogens is 1. The molecule has 5 nitrogen and oxygen atoms in total. The van der Waals surface area contributed by atoms with E-state index in [1.807, 2.05) is 0 Å². The molecule has 1 amide bonds. The summed E-state index contributed by atoms with van der Waals surface area (Å²) in [5.74, 6) is -0.652. The molecule has 2 aromatic rings. The van der Waals surface area contributed by atoms with Crippen LogP contribution in [0.1, 0.15) is 41.8 Å². The highest BCUT2D eigenvalue weighted by atomic mass is 35.5. The van der Waals surface area contributed by atoms with E-state index in [0.29, 0.717) is 16.2 Å². The maximum atomic E-state index is 12.3. The summed E-state index contributed by atoms with van der Waals surface area (Å²) in [4.78, 5) is 26.2. The Hall–Kier alpha value is -2.01. The molecule has 0 bridgehead atoms. The second-order valence-corrected chi connectivity index (χ2v) is 6.50. The normalized spacial score (nSPS) is 15.3. The Morgan fingerprint density at radius 1 is 1.21 bits per heavy atom. The second kappa shape index (κ2) is 7.26. The lowest BCUT2D eigenvalue weighted by Crippen LogP contribution is -2.35. The fourth-order valence-corrected chi connectivity index (χ4v) is 3.16. The molecule has 0 unspecified atom stereocenters. The number of hydrogen-bond donors (Lipinski definition) is 0. The van der Waals surface area contributed by atoms with Crippen molar-refractivity contribution in [2.75, 3.05) is 19.7 Å². The minimum Gasteiger partial charge on any atom is -0.450 e. The van der Waals surface area contributed by atoms with Crippen LogP contribution in [-0.4, -0.2) is 36.5 Å². The Balaban J connectivity index is 1.66. The van der Waals surface area contributed by atoms with Gasteiger partial charge >= 0.3 is 5.97 Å². The molecule has 0 saturated carbocycles. The number of esters is 1. The van der Waals surface area contributed by atoms with Crippen molar-refractivity contribution in [1.82, 2.24) is 4.90 Å². The first-order valence-electron chi connectivity index (χ1n) is 8.20. The first-order valence-corrected chi connectivity index (χ1v) is 8.57. The third-order valence-corrected chi connectivity index (χ3v) is 4.60. The van der Waals surface area contributed by atoms with Gasteiger partial charge in [-0.05, 0) is 38.0 Å². The molecule has 0 atom stereocenters. The van der Waals surface area contributed by atoms with Gasteiger partial charge in [-0.15, -0.1) is 0 Å². The van der Waals surface area contributed by atoms with Crippen molar-refractivity contribution in [3.05, 3.63) is 34.5 Å². The van der Waals surface area contributed by atoms with E-state index in [0.717, 1.165) is 44.2 Å². The fraction of sp³-hybridized carbons (Fsp3) is 0.444. The van der Waals surface area contributed by atoms with E-state index < -0.39 is 5.97 Å². The van der Waals surface area contributed by atoms with E-state index in [1.54, 1.807) is 30.0 Å². The van der Waals surface area contributed by atoms with Gasteiger partial charge in [0.2, 0.25) is 5.76 Å². The average Bonchev–Trinajstić information content (AvgIpc) is 2.77. The number of carbonyl (C=O) groups is 2. The highest BCUT2D eigenvalue weighted by Gasteiger charge is 2.22. The molecule has 3 rings (SSSR count). The van der Waals surface area contributed by atoms with E-state index in [9.17, 15) is 9.59 Å². The largest absolute Gasteiger partial charge is 0.450 e. The summed E-state index contributed by atoms with van der Waals surface area (Å²) in [5.41, 5.74) is 1.24. The van der Waals surface area contributed by atoms with Gasteiger partial charge < -0.3 is 14.1 Å². The molecular formula is C18H20ClNO4. The number of carbonyl (C=O) groups excluding carboxylic acids is 2. The quantitative estimate of drug-likeness (QED) is 0.787. The summed E-state index contributed by atoms with van der Waals surface area (Å²) in [6.45, 7) is 2.99. The van der Waals surface area contributed by atoms with Crippen LogP contribution >= 0.6 is 11.6 Å². The molecule has 6 heteroatoms. The molecule has 24 heavy (non-hydrogen) atoms. The van der Waals surface area contributed by atoms with Crippen LogP contribution in [0.5, 0.6) is 0 Å². The number of hydrogen-bond acceptors (Lipinski definition) is 4. The van der Waals surface area contributed by atoms with Gasteiger partial charge in [-0.25, -0.2) is 4.79 Å². The van der Waals surface area contributed by atoms with Crippen LogP contribution in [0, 0.1) is 6.92 Å². The third-order valence-electron chi connectivity index (χ3n) is 4.37. The number of likely N-dealkylation sites (tertiary alicyclic amines) is 1. The predicted molar refractivity (Wildman–Crippen MR) is 91.3 cm³/mol. The summed E-state index contributed by atoms with van der Waals surface area (Å²) in [6.07, 6.45) is 4.29. The van der Waals surface area contributed by atoms with Gasteiger partial charge in [0.05, 0.1) is 0 Å². The van der Waals surface area contributed by atoms with Gasteiger partial charge in [-0.2, -0.15) is 0 Å². The molecule has 0 radical (unpaired) electrons. The van der Waals surface area contributed by atoms with Crippen LogP contribution in [-0.2, 0) is 9.53 Å². The maximum absolute atomic E-state index is 12.3. The molecule has 128 valence electrons. The number of fused-ring (bicyclic) bond motifs is 1. The minimum atomic E-state index is -0.622. The van der Waals surface area contributed by atoms with E-state index in [-0.39, 0.29) is 18.3 Å². The molecule has 2 heterocycles. The molecule has 1 fully saturated rings. The zero-order valence-corrected chi connectivity index (χ0v) is 14.4. The smallest absolute Gasteiger partial charge is 0.375 e. The van der Waals surface area contributed by atoms with E-state index in [1.165, 1.54) is 0 Å². The summed E-state index contributed by atoms with van der Waals surface area (Å²) < 4.78 is 10.7. The van der Waals surface area contributed by atoms with Crippen molar-refractivity contribution in [2.24, 2.45) is 0 Å². The van der Waals surface area contributed by atoms with Crippen molar-refractivity contribution in [2.45, 2.75) is 32.6 Å². The first kappa shape index (κ1) is 16.8. The Morgan fingerprint density at radius 2 is 1.92 bits per heavy atom. The number of ether oxygens (including phenoxy) is 1. The SMILES string of the molecule is Cc1c(C(=O)OCC(=O)N2CCCCCC2)oc2ccc(Cl)cc12. The van der Waals surface area contributed by atoms with Gasteiger partial charge in [0.25, 0.3) is 5.91 Å². The highest BCUT2D eigenvalue weighted by Crippen LogP contribution is 2.28. The Labute approximate surface area is 145 Å². The monoisotopic (exact) mass is 349 g/mol. The van der Waals surface area contributed by atoms with Crippen molar-refractivity contribution < 1.29 is 18.7 Å². The second-order valence-electron chi connectivity index (χ2n) is 6.07. The van der Waals surface area contributed by atoms with E-state index in [2.05, 4.69) is 0 Å². The van der Waals surface area contributed by atoms with Crippen LogP contribution in [0.4, 0.5) is 0 Å². The maximum Gasteiger partial charge on any atom is 0.375 e. The average molecular weight is 350 g/mol.